The monoisotopic (exact) mass is 605 g/mol. The van der Waals surface area contributed by atoms with Crippen molar-refractivity contribution in [3.8, 4) is 6.07 Å². The van der Waals surface area contributed by atoms with Gasteiger partial charge in [0, 0.05) is 31.7 Å². The molecule has 2 atom stereocenters. The summed E-state index contributed by atoms with van der Waals surface area (Å²) < 4.78 is 79.1. The van der Waals surface area contributed by atoms with Gasteiger partial charge in [-0.15, -0.1) is 0 Å². The predicted octanol–water partition coefficient (Wildman–Crippen LogP) is 5.33. The van der Waals surface area contributed by atoms with Crippen LogP contribution in [0.25, 0.3) is 0 Å². The average Bonchev–Trinajstić information content (AvgIpc) is 3.04. The first-order valence-corrected chi connectivity index (χ1v) is 13.7. The van der Waals surface area contributed by atoms with Gasteiger partial charge in [-0.25, -0.2) is 0 Å². The Morgan fingerprint density at radius 3 is 2.20 bits per heavy atom. The lowest BCUT2D eigenvalue weighted by molar-refractivity contribution is -0.190. The maximum absolute atomic E-state index is 13.5. The van der Waals surface area contributed by atoms with Crippen LogP contribution in [0.5, 0.6) is 0 Å². The molecule has 14 heteroatoms. The highest BCUT2D eigenvalue weighted by atomic mass is 32.1. The summed E-state index contributed by atoms with van der Waals surface area (Å²) in [6.07, 6.45) is -6.64. The van der Waals surface area contributed by atoms with E-state index in [-0.39, 0.29) is 23.4 Å². The Bertz CT molecular complexity index is 1210. The van der Waals surface area contributed by atoms with Gasteiger partial charge in [-0.3, -0.25) is 19.4 Å². The fourth-order valence-electron chi connectivity index (χ4n) is 5.34. The van der Waals surface area contributed by atoms with E-state index in [1.807, 2.05) is 0 Å². The lowest BCUT2D eigenvalue weighted by Gasteiger charge is -2.44. The quantitative estimate of drug-likeness (QED) is 0.227. The molecule has 2 aliphatic heterocycles. The number of halogens is 6. The average molecular weight is 606 g/mol. The van der Waals surface area contributed by atoms with E-state index < -0.39 is 46.9 Å². The molecule has 0 N–H and O–H groups in total. The lowest BCUT2D eigenvalue weighted by atomic mass is 10.0. The standard InChI is InChI=1S/C27H33F6N5O2S/c1-17-16-36(23(40)27(31,32)33)18(2)15-35(17)11-7-5-6-8-12-37-24(41)38(22(39)25(37,3)4)20-10-9-19(14-34)21(13-20)26(28,29)30/h9-10,13,17-18H,5-8,11-12,15-16H2,1-4H3/t17-,18+/m1/s1. The second kappa shape index (κ2) is 12.1. The number of amides is 2. The van der Waals surface area contributed by atoms with Gasteiger partial charge < -0.3 is 9.80 Å². The first-order chi connectivity index (χ1) is 18.9. The van der Waals surface area contributed by atoms with Gasteiger partial charge in [0.25, 0.3) is 5.91 Å². The summed E-state index contributed by atoms with van der Waals surface area (Å²) in [4.78, 5) is 30.6. The zero-order valence-corrected chi connectivity index (χ0v) is 24.1. The van der Waals surface area contributed by atoms with Crippen LogP contribution in [0.15, 0.2) is 18.2 Å². The van der Waals surface area contributed by atoms with Gasteiger partial charge in [0.15, 0.2) is 5.11 Å². The van der Waals surface area contributed by atoms with Crippen molar-refractivity contribution in [2.45, 2.75) is 83.4 Å². The molecular weight excluding hydrogens is 572 g/mol. The summed E-state index contributed by atoms with van der Waals surface area (Å²) in [5.74, 6) is -2.28. The highest BCUT2D eigenvalue weighted by Gasteiger charge is 2.50. The summed E-state index contributed by atoms with van der Waals surface area (Å²) in [5, 5.41) is 9.15. The second-order valence-corrected chi connectivity index (χ2v) is 11.4. The van der Waals surface area contributed by atoms with E-state index >= 15 is 0 Å². The van der Waals surface area contributed by atoms with E-state index in [9.17, 15) is 35.9 Å². The van der Waals surface area contributed by atoms with E-state index in [1.165, 1.54) is 12.1 Å². The molecule has 2 amide bonds. The van der Waals surface area contributed by atoms with Crippen LogP contribution in [0, 0.1) is 11.3 Å². The Kier molecular flexibility index (Phi) is 9.64. The zero-order chi connectivity index (χ0) is 30.9. The third kappa shape index (κ3) is 6.94. The number of hydrogen-bond acceptors (Lipinski definition) is 5. The number of carbonyl (C=O) groups is 2. The summed E-state index contributed by atoms with van der Waals surface area (Å²) in [5.41, 5.74) is -2.82. The minimum atomic E-state index is -4.89. The summed E-state index contributed by atoms with van der Waals surface area (Å²) >= 11 is 5.51. The third-order valence-corrected chi connectivity index (χ3v) is 8.11. The van der Waals surface area contributed by atoms with E-state index in [0.29, 0.717) is 26.1 Å². The number of hydrogen-bond donors (Lipinski definition) is 0. The summed E-state index contributed by atoms with van der Waals surface area (Å²) in [6, 6.07) is 3.83. The van der Waals surface area contributed by atoms with E-state index in [0.717, 1.165) is 41.2 Å². The molecule has 0 radical (unpaired) electrons. The van der Waals surface area contributed by atoms with Gasteiger partial charge in [0.2, 0.25) is 0 Å². The van der Waals surface area contributed by atoms with Crippen LogP contribution in [0.2, 0.25) is 0 Å². The molecule has 7 nitrogen and oxygen atoms in total. The van der Waals surface area contributed by atoms with Gasteiger partial charge in [-0.2, -0.15) is 31.6 Å². The molecule has 0 aliphatic carbocycles. The van der Waals surface area contributed by atoms with Crippen molar-refractivity contribution in [1.82, 2.24) is 14.7 Å². The number of alkyl halides is 6. The Morgan fingerprint density at radius 1 is 1.02 bits per heavy atom. The van der Waals surface area contributed by atoms with Crippen LogP contribution in [0.1, 0.15) is 64.5 Å². The number of benzene rings is 1. The molecular formula is C27H33F6N5O2S. The van der Waals surface area contributed by atoms with Gasteiger partial charge in [0.1, 0.15) is 5.54 Å². The zero-order valence-electron chi connectivity index (χ0n) is 23.3. The number of unbranched alkanes of at least 4 members (excludes halogenated alkanes) is 3. The van der Waals surface area contributed by atoms with E-state index in [1.54, 1.807) is 32.6 Å². The van der Waals surface area contributed by atoms with Crippen molar-refractivity contribution < 1.29 is 35.9 Å². The molecule has 2 aliphatic rings. The smallest absolute Gasteiger partial charge is 0.334 e. The molecule has 3 rings (SSSR count). The topological polar surface area (TPSA) is 70.9 Å². The fraction of sp³-hybridized carbons (Fsp3) is 0.630. The van der Waals surface area contributed by atoms with Crippen LogP contribution in [0.3, 0.4) is 0 Å². The normalized spacial score (nSPS) is 21.9. The number of thiocarbonyl (C=S) groups is 1. The predicted molar refractivity (Wildman–Crippen MR) is 144 cm³/mol. The maximum atomic E-state index is 13.5. The van der Waals surface area contributed by atoms with Gasteiger partial charge in [-0.05, 0) is 77.5 Å². The Hall–Kier alpha value is -2.92. The molecule has 0 saturated carbocycles. The SMILES string of the molecule is C[C@@H]1CN(C(=O)C(F)(F)F)[C@@H](C)CN1CCCCCCN1C(=S)N(c2ccc(C#N)c(C(F)(F)F)c2)C(=O)C1(C)C. The largest absolute Gasteiger partial charge is 0.471 e. The van der Waals surface area contributed by atoms with Crippen molar-refractivity contribution >= 4 is 34.8 Å². The molecule has 0 aromatic heterocycles. The second-order valence-electron chi connectivity index (χ2n) is 11.0. The van der Waals surface area contributed by atoms with Crippen molar-refractivity contribution in [2.75, 3.05) is 31.1 Å². The minimum Gasteiger partial charge on any atom is -0.334 e. The summed E-state index contributed by atoms with van der Waals surface area (Å²) in [6.45, 7) is 8.14. The minimum absolute atomic E-state index is 0.00916. The van der Waals surface area contributed by atoms with E-state index in [4.69, 9.17) is 17.5 Å². The van der Waals surface area contributed by atoms with Crippen LogP contribution < -0.4 is 4.90 Å². The molecule has 2 fully saturated rings. The maximum Gasteiger partial charge on any atom is 0.471 e. The molecule has 2 heterocycles. The number of piperazine rings is 1. The molecule has 0 unspecified atom stereocenters. The molecule has 1 aromatic carbocycles. The first-order valence-electron chi connectivity index (χ1n) is 13.3. The molecule has 41 heavy (non-hydrogen) atoms. The van der Waals surface area contributed by atoms with Crippen LogP contribution >= 0.6 is 12.2 Å². The van der Waals surface area contributed by atoms with E-state index in [2.05, 4.69) is 4.90 Å². The highest BCUT2D eigenvalue weighted by molar-refractivity contribution is 7.80. The van der Waals surface area contributed by atoms with Crippen LogP contribution in [0.4, 0.5) is 32.0 Å². The molecule has 0 spiro atoms. The third-order valence-electron chi connectivity index (χ3n) is 7.71. The Morgan fingerprint density at radius 2 is 1.63 bits per heavy atom. The van der Waals surface area contributed by atoms with Crippen LogP contribution in [-0.2, 0) is 15.8 Å². The lowest BCUT2D eigenvalue weighted by Crippen LogP contribution is -2.60. The van der Waals surface area contributed by atoms with Crippen molar-refractivity contribution in [3.63, 3.8) is 0 Å². The Labute approximate surface area is 240 Å². The molecule has 226 valence electrons. The number of rotatable bonds is 8. The number of anilines is 1. The number of nitrogens with zero attached hydrogens (tertiary/aromatic N) is 5. The number of nitriles is 1. The molecule has 0 bridgehead atoms. The van der Waals surface area contributed by atoms with Gasteiger partial charge >= 0.3 is 18.3 Å². The van der Waals surface area contributed by atoms with Gasteiger partial charge in [0.05, 0.1) is 22.9 Å². The highest BCUT2D eigenvalue weighted by Crippen LogP contribution is 2.38. The first kappa shape index (κ1) is 32.6. The fourth-order valence-corrected chi connectivity index (χ4v) is 5.84. The van der Waals surface area contributed by atoms with Crippen molar-refractivity contribution in [2.24, 2.45) is 0 Å². The van der Waals surface area contributed by atoms with Gasteiger partial charge in [-0.1, -0.05) is 12.8 Å². The Balaban J connectivity index is 1.53. The number of carbonyl (C=O) groups excluding carboxylic acids is 2. The molecule has 1 aromatic rings. The van der Waals surface area contributed by atoms with Crippen molar-refractivity contribution in [1.29, 1.82) is 5.26 Å². The van der Waals surface area contributed by atoms with Crippen molar-refractivity contribution in [3.05, 3.63) is 29.3 Å². The van der Waals surface area contributed by atoms with Crippen LogP contribution in [-0.4, -0.2) is 81.6 Å². The summed E-state index contributed by atoms with van der Waals surface area (Å²) in [7, 11) is 0. The molecule has 2 saturated heterocycles.